The zero-order valence-electron chi connectivity index (χ0n) is 21.8. The first-order valence-corrected chi connectivity index (χ1v) is 21.9. The minimum Gasteiger partial charge on any atom is -0.418 e. The van der Waals surface area contributed by atoms with Crippen LogP contribution in [0.25, 0.3) is 0 Å². The van der Waals surface area contributed by atoms with Gasteiger partial charge in [0.1, 0.15) is 0 Å². The van der Waals surface area contributed by atoms with E-state index < -0.39 is 35.5 Å². The van der Waals surface area contributed by atoms with Crippen LogP contribution >= 0.6 is 10.0 Å². The molecule has 0 amide bonds. The van der Waals surface area contributed by atoms with Crippen molar-refractivity contribution in [2.75, 3.05) is 18.8 Å². The van der Waals surface area contributed by atoms with Gasteiger partial charge in [0, 0.05) is 14.6 Å². The number of hydrogen-bond donors (Lipinski definition) is 0. The molecule has 166 valence electrons. The topological polar surface area (TPSA) is 18.5 Å². The summed E-state index contributed by atoms with van der Waals surface area (Å²) in [4.78, 5) is 0. The molecular formula is C21H52O2SSi3. The molecule has 0 saturated heterocycles. The molecule has 0 heterocycles. The lowest BCUT2D eigenvalue weighted by molar-refractivity contribution is 0.0403. The largest absolute Gasteiger partial charge is 0.418 e. The average molecular weight is 453 g/mol. The fourth-order valence-electron chi connectivity index (χ4n) is 2.89. The Labute approximate surface area is 177 Å². The van der Waals surface area contributed by atoms with Gasteiger partial charge in [-0.15, -0.1) is 0 Å². The molecule has 0 spiro atoms. The Balaban J connectivity index is 5.74. The lowest BCUT2D eigenvalue weighted by atomic mass is 9.94. The van der Waals surface area contributed by atoms with Crippen molar-refractivity contribution in [2.45, 2.75) is 115 Å². The molecule has 27 heavy (non-hydrogen) atoms. The third-order valence-corrected chi connectivity index (χ3v) is 26.3. The Morgan fingerprint density at radius 3 is 1.41 bits per heavy atom. The van der Waals surface area contributed by atoms with E-state index >= 15 is 0 Å². The Morgan fingerprint density at radius 1 is 0.741 bits per heavy atom. The van der Waals surface area contributed by atoms with E-state index in [1.54, 1.807) is 0 Å². The smallest absolute Gasteiger partial charge is 0.201 e. The summed E-state index contributed by atoms with van der Waals surface area (Å²) in [6.07, 6.45) is 7.29. The van der Waals surface area contributed by atoms with E-state index in [1.165, 1.54) is 0 Å². The highest BCUT2D eigenvalue weighted by atomic mass is 32.3. The van der Waals surface area contributed by atoms with Gasteiger partial charge in [0.2, 0.25) is 8.32 Å². The quantitative estimate of drug-likeness (QED) is 0.358. The molecule has 0 aromatic carbocycles. The van der Waals surface area contributed by atoms with E-state index in [9.17, 15) is 0 Å². The van der Waals surface area contributed by atoms with Crippen LogP contribution in [0, 0.1) is 0 Å². The summed E-state index contributed by atoms with van der Waals surface area (Å²) < 4.78 is 14.2. The molecule has 6 heteroatoms. The van der Waals surface area contributed by atoms with Crippen molar-refractivity contribution >= 4 is 35.5 Å². The first kappa shape index (κ1) is 27.9. The van der Waals surface area contributed by atoms with E-state index in [2.05, 4.69) is 113 Å². The maximum Gasteiger partial charge on any atom is 0.201 e. The molecule has 2 nitrogen and oxygen atoms in total. The lowest BCUT2D eigenvalue weighted by Gasteiger charge is -2.57. The van der Waals surface area contributed by atoms with Crippen LogP contribution in [0.4, 0.5) is 0 Å². The summed E-state index contributed by atoms with van der Waals surface area (Å²) in [7, 11) is -5.58. The molecule has 1 atom stereocenters. The van der Waals surface area contributed by atoms with Gasteiger partial charge in [0.25, 0.3) is 0 Å². The average Bonchev–Trinajstić information content (AvgIpc) is 2.33. The first-order chi connectivity index (χ1) is 11.3. The predicted molar refractivity (Wildman–Crippen MR) is 138 cm³/mol. The molecule has 0 rings (SSSR count). The normalized spacial score (nSPS) is 17.8. The van der Waals surface area contributed by atoms with Gasteiger partial charge in [0.15, 0.2) is 9.04 Å². The summed E-state index contributed by atoms with van der Waals surface area (Å²) in [6.45, 7) is 33.3. The van der Waals surface area contributed by atoms with Crippen LogP contribution < -0.4 is 0 Å². The van der Waals surface area contributed by atoms with Gasteiger partial charge in [-0.05, 0) is 66.1 Å². The van der Waals surface area contributed by atoms with Gasteiger partial charge < -0.3 is 8.85 Å². The van der Waals surface area contributed by atoms with Gasteiger partial charge in [0.05, 0.1) is 13.7 Å². The van der Waals surface area contributed by atoms with Gasteiger partial charge >= 0.3 is 0 Å². The number of hydrogen-bond acceptors (Lipinski definition) is 2. The Bertz CT molecular complexity index is 513. The summed E-state index contributed by atoms with van der Waals surface area (Å²) in [5, 5.41) is 0.0330. The van der Waals surface area contributed by atoms with Crippen LogP contribution in [0.1, 0.15) is 55.4 Å². The second-order valence-corrected chi connectivity index (χ2v) is 30.9. The van der Waals surface area contributed by atoms with E-state index in [4.69, 9.17) is 8.85 Å². The second-order valence-electron chi connectivity index (χ2n) is 12.7. The molecule has 1 unspecified atom stereocenters. The molecular weight excluding hydrogens is 401 g/mol. The molecule has 0 aromatic rings. The van der Waals surface area contributed by atoms with Crippen LogP contribution in [0.3, 0.4) is 0 Å². The SMILES string of the molecule is C[SiH](OC(C)(C)[Si](C)(C)C)C(C)(C)C(C)(C)O[Si](C)(C)C(C)(C)S(C)(C)C. The highest BCUT2D eigenvalue weighted by molar-refractivity contribution is 8.34. The summed E-state index contributed by atoms with van der Waals surface area (Å²) in [6, 6.07) is 0. The predicted octanol–water partition coefficient (Wildman–Crippen LogP) is 6.80. The molecule has 0 radical (unpaired) electrons. The van der Waals surface area contributed by atoms with Gasteiger partial charge in [-0.2, -0.15) is 0 Å². The van der Waals surface area contributed by atoms with E-state index in [1.807, 2.05) is 0 Å². The molecule has 0 aliphatic carbocycles. The lowest BCUT2D eigenvalue weighted by Crippen LogP contribution is -2.62. The number of rotatable bonds is 9. The third kappa shape index (κ3) is 5.75. The third-order valence-electron chi connectivity index (χ3n) is 8.34. The van der Waals surface area contributed by atoms with Crippen molar-refractivity contribution in [3.63, 3.8) is 0 Å². The summed E-state index contributed by atoms with van der Waals surface area (Å²) in [5.74, 6) is 0. The van der Waals surface area contributed by atoms with Crippen LogP contribution in [-0.4, -0.2) is 59.4 Å². The van der Waals surface area contributed by atoms with Crippen LogP contribution in [-0.2, 0) is 8.85 Å². The Kier molecular flexibility index (Phi) is 8.15. The minimum absolute atomic E-state index is 0.00619. The first-order valence-electron chi connectivity index (χ1n) is 10.4. The van der Waals surface area contributed by atoms with E-state index in [-0.39, 0.29) is 20.2 Å². The zero-order valence-corrected chi connectivity index (χ0v) is 25.8. The van der Waals surface area contributed by atoms with Crippen molar-refractivity contribution in [1.82, 2.24) is 0 Å². The summed E-state index contributed by atoms with van der Waals surface area (Å²) >= 11 is 0. The molecule has 0 N–H and O–H groups in total. The van der Waals surface area contributed by atoms with Crippen LogP contribution in [0.15, 0.2) is 0 Å². The molecule has 0 saturated carbocycles. The molecule has 0 fully saturated rings. The van der Waals surface area contributed by atoms with Gasteiger partial charge in [-0.3, -0.25) is 0 Å². The van der Waals surface area contributed by atoms with Crippen molar-refractivity contribution in [3.8, 4) is 0 Å². The van der Waals surface area contributed by atoms with Crippen molar-refractivity contribution < 1.29 is 8.85 Å². The van der Waals surface area contributed by atoms with Gasteiger partial charge in [-0.25, -0.2) is 10.0 Å². The minimum atomic E-state index is -1.94. The highest BCUT2D eigenvalue weighted by Crippen LogP contribution is 2.56. The maximum absolute atomic E-state index is 7.13. The molecule has 0 aromatic heterocycles. The summed E-state index contributed by atoms with van der Waals surface area (Å²) in [5.41, 5.74) is -0.203. The molecule has 0 bridgehead atoms. The van der Waals surface area contributed by atoms with Gasteiger partial charge in [-0.1, -0.05) is 47.3 Å². The second kappa shape index (κ2) is 7.88. The standard InChI is InChI=1S/C21H52O2SSi3/c1-18(2,23-27(16,17)21(7,8)24(9,10)11)19(3,4)25(12)22-20(5,6)26(13,14)15/h25H,1-17H3. The fourth-order valence-corrected chi connectivity index (χ4v) is 15.0. The van der Waals surface area contributed by atoms with Crippen LogP contribution in [0.2, 0.25) is 44.3 Å². The molecule has 0 aliphatic heterocycles. The molecule has 0 aliphatic rings. The van der Waals surface area contributed by atoms with Crippen molar-refractivity contribution in [2.24, 2.45) is 0 Å². The zero-order chi connectivity index (χ0) is 22.5. The van der Waals surface area contributed by atoms with Crippen molar-refractivity contribution in [1.29, 1.82) is 0 Å². The Hall–Kier alpha value is 0.921. The highest BCUT2D eigenvalue weighted by Gasteiger charge is 2.54. The maximum atomic E-state index is 7.13. The monoisotopic (exact) mass is 452 g/mol. The van der Waals surface area contributed by atoms with Crippen LogP contribution in [0.5, 0.6) is 0 Å². The van der Waals surface area contributed by atoms with Crippen molar-refractivity contribution in [3.05, 3.63) is 0 Å². The van der Waals surface area contributed by atoms with E-state index in [0.717, 1.165) is 0 Å². The Morgan fingerprint density at radius 2 is 1.11 bits per heavy atom. The van der Waals surface area contributed by atoms with E-state index in [0.29, 0.717) is 0 Å². The fraction of sp³-hybridized carbons (Fsp3) is 1.00.